The van der Waals surface area contributed by atoms with E-state index in [9.17, 15) is 17.6 Å². The molecule has 1 heterocycles. The zero-order chi connectivity index (χ0) is 14.9. The number of benzene rings is 1. The molecule has 0 spiro atoms. The Morgan fingerprint density at radius 1 is 1.35 bits per heavy atom. The number of para-hydroxylation sites is 1. The molecule has 0 unspecified atom stereocenters. The summed E-state index contributed by atoms with van der Waals surface area (Å²) < 4.78 is 40.8. The molecule has 2 N–H and O–H groups in total. The number of aromatic nitrogens is 1. The van der Waals surface area contributed by atoms with E-state index >= 15 is 0 Å². The maximum atomic E-state index is 13.4. The molecule has 0 aliphatic rings. The van der Waals surface area contributed by atoms with Crippen LogP contribution in [0.1, 0.15) is 10.5 Å². The minimum atomic E-state index is -4.05. The van der Waals surface area contributed by atoms with Crippen molar-refractivity contribution in [3.05, 3.63) is 48.0 Å². The SMILES string of the molecule is Cn1cc(S(=O)(=O)Nc2ccccc2F)cc1C(=O)O. The van der Waals surface area contributed by atoms with Gasteiger partial charge in [-0.1, -0.05) is 12.1 Å². The largest absolute Gasteiger partial charge is 0.477 e. The third-order valence-corrected chi connectivity index (χ3v) is 3.96. The molecule has 0 fully saturated rings. The number of carbonyl (C=O) groups is 1. The van der Waals surface area contributed by atoms with E-state index in [1.54, 1.807) is 0 Å². The number of hydrogen-bond acceptors (Lipinski definition) is 3. The van der Waals surface area contributed by atoms with E-state index in [1.165, 1.54) is 25.2 Å². The summed E-state index contributed by atoms with van der Waals surface area (Å²) in [5.74, 6) is -1.97. The van der Waals surface area contributed by atoms with Gasteiger partial charge in [0.25, 0.3) is 10.0 Å². The average Bonchev–Trinajstić information content (AvgIpc) is 2.75. The van der Waals surface area contributed by atoms with Gasteiger partial charge >= 0.3 is 5.97 Å². The van der Waals surface area contributed by atoms with Gasteiger partial charge in [0.2, 0.25) is 0 Å². The lowest BCUT2D eigenvalue weighted by atomic mass is 10.3. The summed E-state index contributed by atoms with van der Waals surface area (Å²) in [5, 5.41) is 8.88. The lowest BCUT2D eigenvalue weighted by Gasteiger charge is -2.06. The van der Waals surface area contributed by atoms with Crippen molar-refractivity contribution >= 4 is 21.7 Å². The molecular formula is C12H11FN2O4S. The fraction of sp³-hybridized carbons (Fsp3) is 0.0833. The Morgan fingerprint density at radius 2 is 2.00 bits per heavy atom. The molecule has 1 aromatic carbocycles. The molecule has 0 bridgehead atoms. The summed E-state index contributed by atoms with van der Waals surface area (Å²) in [6.07, 6.45) is 1.15. The van der Waals surface area contributed by atoms with Crippen LogP contribution in [0.2, 0.25) is 0 Å². The number of carboxylic acid groups (broad SMARTS) is 1. The molecule has 106 valence electrons. The molecule has 1 aromatic heterocycles. The van der Waals surface area contributed by atoms with Crippen LogP contribution in [0.3, 0.4) is 0 Å². The van der Waals surface area contributed by atoms with E-state index in [0.717, 1.165) is 22.9 Å². The first-order valence-corrected chi connectivity index (χ1v) is 6.96. The van der Waals surface area contributed by atoms with Gasteiger partial charge < -0.3 is 9.67 Å². The predicted octanol–water partition coefficient (Wildman–Crippen LogP) is 1.66. The quantitative estimate of drug-likeness (QED) is 0.898. The molecule has 6 nitrogen and oxygen atoms in total. The normalized spacial score (nSPS) is 11.3. The summed E-state index contributed by atoms with van der Waals surface area (Å²) in [6.45, 7) is 0. The highest BCUT2D eigenvalue weighted by Crippen LogP contribution is 2.20. The Kier molecular flexibility index (Phi) is 3.49. The Balaban J connectivity index is 2.39. The fourth-order valence-electron chi connectivity index (χ4n) is 1.64. The summed E-state index contributed by atoms with van der Waals surface area (Å²) in [7, 11) is -2.64. The number of aromatic carboxylic acids is 1. The zero-order valence-corrected chi connectivity index (χ0v) is 11.2. The second kappa shape index (κ2) is 4.97. The van der Waals surface area contributed by atoms with Crippen LogP contribution in [0, 0.1) is 5.82 Å². The number of rotatable bonds is 4. The number of carboxylic acids is 1. The Morgan fingerprint density at radius 3 is 2.55 bits per heavy atom. The molecule has 0 aliphatic heterocycles. The predicted molar refractivity (Wildman–Crippen MR) is 69.6 cm³/mol. The highest BCUT2D eigenvalue weighted by Gasteiger charge is 2.21. The molecule has 2 rings (SSSR count). The summed E-state index contributed by atoms with van der Waals surface area (Å²) in [5.41, 5.74) is -0.382. The molecule has 8 heteroatoms. The Labute approximate surface area is 114 Å². The van der Waals surface area contributed by atoms with Gasteiger partial charge in [-0.15, -0.1) is 0 Å². The van der Waals surface area contributed by atoms with Crippen LogP contribution in [0.5, 0.6) is 0 Å². The van der Waals surface area contributed by atoms with Crippen molar-refractivity contribution < 1.29 is 22.7 Å². The van der Waals surface area contributed by atoms with Crippen LogP contribution in [0.25, 0.3) is 0 Å². The van der Waals surface area contributed by atoms with Crippen molar-refractivity contribution in [3.8, 4) is 0 Å². The van der Waals surface area contributed by atoms with Crippen LogP contribution < -0.4 is 4.72 Å². The van der Waals surface area contributed by atoms with Crippen molar-refractivity contribution in [1.29, 1.82) is 0 Å². The van der Waals surface area contributed by atoms with Gasteiger partial charge in [0.05, 0.1) is 5.69 Å². The molecular weight excluding hydrogens is 287 g/mol. The smallest absolute Gasteiger partial charge is 0.352 e. The molecule has 0 saturated heterocycles. The van der Waals surface area contributed by atoms with E-state index in [0.29, 0.717) is 0 Å². The van der Waals surface area contributed by atoms with Crippen LogP contribution in [-0.4, -0.2) is 24.1 Å². The zero-order valence-electron chi connectivity index (χ0n) is 10.4. The fourth-order valence-corrected chi connectivity index (χ4v) is 2.78. The van der Waals surface area contributed by atoms with Gasteiger partial charge in [-0.3, -0.25) is 4.72 Å². The van der Waals surface area contributed by atoms with Crippen LogP contribution in [-0.2, 0) is 17.1 Å². The number of aryl methyl sites for hydroxylation is 1. The maximum absolute atomic E-state index is 13.4. The van der Waals surface area contributed by atoms with Gasteiger partial charge in [-0.25, -0.2) is 17.6 Å². The monoisotopic (exact) mass is 298 g/mol. The third kappa shape index (κ3) is 2.64. The summed E-state index contributed by atoms with van der Waals surface area (Å²) >= 11 is 0. The van der Waals surface area contributed by atoms with E-state index in [2.05, 4.69) is 4.72 Å². The van der Waals surface area contributed by atoms with Gasteiger partial charge in [0.15, 0.2) is 0 Å². The highest BCUT2D eigenvalue weighted by atomic mass is 32.2. The van der Waals surface area contributed by atoms with Crippen molar-refractivity contribution in [3.63, 3.8) is 0 Å². The number of sulfonamides is 1. The third-order valence-electron chi connectivity index (χ3n) is 2.63. The highest BCUT2D eigenvalue weighted by molar-refractivity contribution is 7.92. The van der Waals surface area contributed by atoms with Crippen molar-refractivity contribution in [2.75, 3.05) is 4.72 Å². The molecule has 20 heavy (non-hydrogen) atoms. The second-order valence-electron chi connectivity index (χ2n) is 4.06. The van der Waals surface area contributed by atoms with Gasteiger partial charge in [-0.05, 0) is 18.2 Å². The topological polar surface area (TPSA) is 88.4 Å². The molecule has 0 radical (unpaired) electrons. The van der Waals surface area contributed by atoms with E-state index < -0.39 is 21.8 Å². The van der Waals surface area contributed by atoms with Crippen LogP contribution >= 0.6 is 0 Å². The number of anilines is 1. The van der Waals surface area contributed by atoms with Crippen molar-refractivity contribution in [2.45, 2.75) is 4.90 Å². The molecule has 0 aliphatic carbocycles. The Hall–Kier alpha value is -2.35. The molecule has 0 atom stereocenters. The number of nitrogens with zero attached hydrogens (tertiary/aromatic N) is 1. The molecule has 0 saturated carbocycles. The first-order valence-electron chi connectivity index (χ1n) is 5.48. The van der Waals surface area contributed by atoms with E-state index in [-0.39, 0.29) is 16.3 Å². The van der Waals surface area contributed by atoms with Gasteiger partial charge in [-0.2, -0.15) is 0 Å². The molecule has 0 amide bonds. The van der Waals surface area contributed by atoms with Gasteiger partial charge in [0.1, 0.15) is 16.4 Å². The minimum absolute atomic E-state index is 0.182. The first-order chi connectivity index (χ1) is 9.31. The summed E-state index contributed by atoms with van der Waals surface area (Å²) in [4.78, 5) is 10.6. The van der Waals surface area contributed by atoms with Crippen LogP contribution in [0.15, 0.2) is 41.4 Å². The number of nitrogens with one attached hydrogen (secondary N) is 1. The van der Waals surface area contributed by atoms with Crippen molar-refractivity contribution in [1.82, 2.24) is 4.57 Å². The first kappa shape index (κ1) is 14.1. The molecule has 2 aromatic rings. The van der Waals surface area contributed by atoms with Crippen molar-refractivity contribution in [2.24, 2.45) is 7.05 Å². The number of halogens is 1. The average molecular weight is 298 g/mol. The number of hydrogen-bond donors (Lipinski definition) is 2. The maximum Gasteiger partial charge on any atom is 0.352 e. The van der Waals surface area contributed by atoms with E-state index in [1.807, 2.05) is 0 Å². The lowest BCUT2D eigenvalue weighted by molar-refractivity contribution is 0.0686. The van der Waals surface area contributed by atoms with Gasteiger partial charge in [0, 0.05) is 13.2 Å². The standard InChI is InChI=1S/C12H11FN2O4S/c1-15-7-8(6-11(15)12(16)17)20(18,19)14-10-5-3-2-4-9(10)13/h2-7,14H,1H3,(H,16,17). The van der Waals surface area contributed by atoms with E-state index in [4.69, 9.17) is 5.11 Å². The Bertz CT molecular complexity index is 768. The second-order valence-corrected chi connectivity index (χ2v) is 5.74. The summed E-state index contributed by atoms with van der Waals surface area (Å²) in [6, 6.07) is 6.30. The van der Waals surface area contributed by atoms with Crippen LogP contribution in [0.4, 0.5) is 10.1 Å². The lowest BCUT2D eigenvalue weighted by Crippen LogP contribution is -2.13. The minimum Gasteiger partial charge on any atom is -0.477 e.